The van der Waals surface area contributed by atoms with E-state index in [4.69, 9.17) is 0 Å². The second-order valence-electron chi connectivity index (χ2n) is 4.64. The van der Waals surface area contributed by atoms with Crippen molar-refractivity contribution in [1.29, 1.82) is 0 Å². The summed E-state index contributed by atoms with van der Waals surface area (Å²) in [4.78, 5) is 23.8. The molecule has 0 aliphatic rings. The van der Waals surface area contributed by atoms with Crippen molar-refractivity contribution in [2.24, 2.45) is 0 Å². The molecule has 0 bridgehead atoms. The molecule has 1 atom stereocenters. The Morgan fingerprint density at radius 1 is 0.955 bits per heavy atom. The molecule has 0 saturated carbocycles. The fourth-order valence-electron chi connectivity index (χ4n) is 1.79. The molecule has 2 N–H and O–H groups in total. The lowest BCUT2D eigenvalue weighted by atomic mass is 10.2. The lowest BCUT2D eigenvalue weighted by Gasteiger charge is -2.14. The quantitative estimate of drug-likeness (QED) is 0.912. The number of carbonyl (C=O) groups excluding carboxylic acids is 2. The Kier molecular flexibility index (Phi) is 4.83. The van der Waals surface area contributed by atoms with Gasteiger partial charge in [-0.3, -0.25) is 9.59 Å². The van der Waals surface area contributed by atoms with Gasteiger partial charge in [0.15, 0.2) is 0 Å². The summed E-state index contributed by atoms with van der Waals surface area (Å²) >= 11 is 0. The maximum Gasteiger partial charge on any atom is 0.254 e. The van der Waals surface area contributed by atoms with Gasteiger partial charge in [-0.15, -0.1) is 0 Å². The van der Waals surface area contributed by atoms with Gasteiger partial charge in [-0.05, 0) is 31.2 Å². The number of halogens is 2. The highest BCUT2D eigenvalue weighted by Crippen LogP contribution is 2.13. The first-order valence-electron chi connectivity index (χ1n) is 6.60. The van der Waals surface area contributed by atoms with Crippen LogP contribution in [0.5, 0.6) is 0 Å². The molecule has 4 nitrogen and oxygen atoms in total. The molecule has 114 valence electrons. The molecule has 0 unspecified atom stereocenters. The van der Waals surface area contributed by atoms with E-state index in [0.29, 0.717) is 0 Å². The van der Waals surface area contributed by atoms with Crippen LogP contribution in [0.15, 0.2) is 48.5 Å². The smallest absolute Gasteiger partial charge is 0.254 e. The van der Waals surface area contributed by atoms with E-state index in [0.717, 1.165) is 6.07 Å². The average Bonchev–Trinajstić information content (AvgIpc) is 2.49. The third kappa shape index (κ3) is 3.66. The normalized spacial score (nSPS) is 11.6. The zero-order valence-corrected chi connectivity index (χ0v) is 11.8. The molecule has 0 fully saturated rings. The topological polar surface area (TPSA) is 58.2 Å². The van der Waals surface area contributed by atoms with Gasteiger partial charge in [0.05, 0.1) is 11.3 Å². The minimum absolute atomic E-state index is 0.0134. The maximum atomic E-state index is 13.5. The predicted octanol–water partition coefficient (Wildman–Crippen LogP) is 2.72. The molecular formula is C16H14F2N2O2. The third-order valence-electron chi connectivity index (χ3n) is 2.99. The lowest BCUT2D eigenvalue weighted by Crippen LogP contribution is -2.42. The molecule has 0 spiro atoms. The molecule has 0 heterocycles. The van der Waals surface area contributed by atoms with Crippen molar-refractivity contribution in [2.45, 2.75) is 13.0 Å². The first kappa shape index (κ1) is 15.6. The molecule has 2 amide bonds. The van der Waals surface area contributed by atoms with Crippen molar-refractivity contribution in [1.82, 2.24) is 5.32 Å². The SMILES string of the molecule is C[C@@H](NC(=O)c1ccccc1F)C(=O)Nc1ccccc1F. The molecule has 6 heteroatoms. The van der Waals surface area contributed by atoms with E-state index in [1.54, 1.807) is 6.07 Å². The van der Waals surface area contributed by atoms with E-state index in [1.165, 1.54) is 43.3 Å². The van der Waals surface area contributed by atoms with E-state index >= 15 is 0 Å². The van der Waals surface area contributed by atoms with Gasteiger partial charge in [-0.1, -0.05) is 24.3 Å². The number of amides is 2. The Balaban J connectivity index is 2.01. The van der Waals surface area contributed by atoms with Crippen molar-refractivity contribution in [3.8, 4) is 0 Å². The van der Waals surface area contributed by atoms with Crippen LogP contribution in [-0.4, -0.2) is 17.9 Å². The third-order valence-corrected chi connectivity index (χ3v) is 2.99. The largest absolute Gasteiger partial charge is 0.340 e. The summed E-state index contributed by atoms with van der Waals surface area (Å²) in [5.74, 6) is -2.57. The zero-order valence-electron chi connectivity index (χ0n) is 11.8. The molecule has 2 aromatic rings. The molecule has 2 rings (SSSR count). The standard InChI is InChI=1S/C16H14F2N2O2/c1-10(15(21)20-14-9-5-4-8-13(14)18)19-16(22)11-6-2-3-7-12(11)17/h2-10H,1H3,(H,19,22)(H,20,21)/t10-/m1/s1. The van der Waals surface area contributed by atoms with Crippen LogP contribution >= 0.6 is 0 Å². The van der Waals surface area contributed by atoms with E-state index in [1.807, 2.05) is 0 Å². The summed E-state index contributed by atoms with van der Waals surface area (Å²) in [5, 5.41) is 4.72. The van der Waals surface area contributed by atoms with Gasteiger partial charge in [0, 0.05) is 0 Å². The van der Waals surface area contributed by atoms with Crippen LogP contribution < -0.4 is 10.6 Å². The zero-order chi connectivity index (χ0) is 16.1. The Hall–Kier alpha value is -2.76. The number of carbonyl (C=O) groups is 2. The molecule has 22 heavy (non-hydrogen) atoms. The van der Waals surface area contributed by atoms with Crippen molar-refractivity contribution < 1.29 is 18.4 Å². The lowest BCUT2D eigenvalue weighted by molar-refractivity contribution is -0.117. The number of benzene rings is 2. The summed E-state index contributed by atoms with van der Waals surface area (Å²) in [7, 11) is 0. The summed E-state index contributed by atoms with van der Waals surface area (Å²) in [6, 6.07) is 10.2. The highest BCUT2D eigenvalue weighted by Gasteiger charge is 2.19. The monoisotopic (exact) mass is 304 g/mol. The summed E-state index contributed by atoms with van der Waals surface area (Å²) in [5.41, 5.74) is -0.146. The maximum absolute atomic E-state index is 13.5. The first-order valence-corrected chi connectivity index (χ1v) is 6.60. The highest BCUT2D eigenvalue weighted by molar-refractivity contribution is 6.01. The average molecular weight is 304 g/mol. The summed E-state index contributed by atoms with van der Waals surface area (Å²) in [6.07, 6.45) is 0. The fourth-order valence-corrected chi connectivity index (χ4v) is 1.79. The predicted molar refractivity (Wildman–Crippen MR) is 78.4 cm³/mol. The number of nitrogens with one attached hydrogen (secondary N) is 2. The molecule has 0 aliphatic carbocycles. The van der Waals surface area contributed by atoms with Gasteiger partial charge in [0.1, 0.15) is 17.7 Å². The Labute approximate surface area is 126 Å². The fraction of sp³-hybridized carbons (Fsp3) is 0.125. The van der Waals surface area contributed by atoms with Crippen LogP contribution in [0.2, 0.25) is 0 Å². The minimum Gasteiger partial charge on any atom is -0.340 e. The first-order chi connectivity index (χ1) is 10.5. The van der Waals surface area contributed by atoms with Gasteiger partial charge in [0.25, 0.3) is 5.91 Å². The summed E-state index contributed by atoms with van der Waals surface area (Å²) in [6.45, 7) is 1.43. The number of hydrogen-bond acceptors (Lipinski definition) is 2. The molecular weight excluding hydrogens is 290 g/mol. The van der Waals surface area contributed by atoms with Crippen LogP contribution in [0, 0.1) is 11.6 Å². The number of para-hydroxylation sites is 1. The van der Waals surface area contributed by atoms with Gasteiger partial charge in [-0.2, -0.15) is 0 Å². The molecule has 0 aromatic heterocycles. The van der Waals surface area contributed by atoms with Crippen molar-refractivity contribution in [3.05, 3.63) is 65.7 Å². The van der Waals surface area contributed by atoms with E-state index < -0.39 is 29.5 Å². The Morgan fingerprint density at radius 3 is 2.18 bits per heavy atom. The number of anilines is 1. The second-order valence-corrected chi connectivity index (χ2v) is 4.64. The van der Waals surface area contributed by atoms with E-state index in [2.05, 4.69) is 10.6 Å². The van der Waals surface area contributed by atoms with Crippen molar-refractivity contribution in [3.63, 3.8) is 0 Å². The van der Waals surface area contributed by atoms with Gasteiger partial charge in [-0.25, -0.2) is 8.78 Å². The second kappa shape index (κ2) is 6.80. The van der Waals surface area contributed by atoms with Gasteiger partial charge < -0.3 is 10.6 Å². The molecule has 0 aliphatic heterocycles. The van der Waals surface area contributed by atoms with E-state index in [-0.39, 0.29) is 11.3 Å². The Morgan fingerprint density at radius 2 is 1.55 bits per heavy atom. The van der Waals surface area contributed by atoms with E-state index in [9.17, 15) is 18.4 Å². The van der Waals surface area contributed by atoms with Crippen LogP contribution in [0.1, 0.15) is 17.3 Å². The molecule has 2 aromatic carbocycles. The van der Waals surface area contributed by atoms with Gasteiger partial charge >= 0.3 is 0 Å². The van der Waals surface area contributed by atoms with Crippen molar-refractivity contribution >= 4 is 17.5 Å². The van der Waals surface area contributed by atoms with Crippen molar-refractivity contribution in [2.75, 3.05) is 5.32 Å². The molecule has 0 radical (unpaired) electrons. The van der Waals surface area contributed by atoms with Crippen LogP contribution in [0.3, 0.4) is 0 Å². The van der Waals surface area contributed by atoms with Gasteiger partial charge in [0.2, 0.25) is 5.91 Å². The number of hydrogen-bond donors (Lipinski definition) is 2. The molecule has 0 saturated heterocycles. The highest BCUT2D eigenvalue weighted by atomic mass is 19.1. The van der Waals surface area contributed by atoms with Crippen LogP contribution in [0.4, 0.5) is 14.5 Å². The van der Waals surface area contributed by atoms with Crippen LogP contribution in [0.25, 0.3) is 0 Å². The number of rotatable bonds is 4. The summed E-state index contributed by atoms with van der Waals surface area (Å²) < 4.78 is 26.9. The minimum atomic E-state index is -0.952. The van der Waals surface area contributed by atoms with Crippen LogP contribution in [-0.2, 0) is 4.79 Å². The Bertz CT molecular complexity index is 704.